The van der Waals surface area contributed by atoms with Crippen molar-refractivity contribution in [2.45, 2.75) is 52.4 Å². The SMILES string of the molecule is CC(Cn1nc(Nc2nc3ncc(OC(=CN)c4cnccn4)c(Cl)c3n2C)cc1C(C)(C)C)OCc1ccccc1. The average molecular weight is 588 g/mol. The van der Waals surface area contributed by atoms with Gasteiger partial charge in [-0.2, -0.15) is 10.1 Å². The van der Waals surface area contributed by atoms with Crippen LogP contribution in [0.4, 0.5) is 11.8 Å². The largest absolute Gasteiger partial charge is 0.450 e. The molecule has 3 N–H and O–H groups in total. The highest BCUT2D eigenvalue weighted by Crippen LogP contribution is 2.35. The van der Waals surface area contributed by atoms with E-state index in [1.165, 1.54) is 12.4 Å². The molecule has 0 aliphatic carbocycles. The van der Waals surface area contributed by atoms with Crippen LogP contribution in [0.1, 0.15) is 44.6 Å². The normalized spacial score (nSPS) is 13.0. The first-order valence-corrected chi connectivity index (χ1v) is 13.9. The number of anilines is 2. The number of nitrogens with one attached hydrogen (secondary N) is 1. The van der Waals surface area contributed by atoms with Crippen molar-refractivity contribution in [3.05, 3.63) is 89.4 Å². The van der Waals surface area contributed by atoms with Crippen molar-refractivity contribution >= 4 is 40.3 Å². The van der Waals surface area contributed by atoms with Gasteiger partial charge >= 0.3 is 0 Å². The van der Waals surface area contributed by atoms with Gasteiger partial charge in [-0.3, -0.25) is 9.67 Å². The minimum atomic E-state index is -0.146. The predicted molar refractivity (Wildman–Crippen MR) is 163 cm³/mol. The highest BCUT2D eigenvalue weighted by Gasteiger charge is 2.24. The first-order valence-electron chi connectivity index (χ1n) is 13.5. The molecule has 4 aromatic heterocycles. The highest BCUT2D eigenvalue weighted by molar-refractivity contribution is 6.36. The van der Waals surface area contributed by atoms with Gasteiger partial charge in [0.1, 0.15) is 16.2 Å². The van der Waals surface area contributed by atoms with Gasteiger partial charge in [-0.1, -0.05) is 62.7 Å². The first kappa shape index (κ1) is 29.0. The van der Waals surface area contributed by atoms with Gasteiger partial charge in [-0.25, -0.2) is 9.97 Å². The summed E-state index contributed by atoms with van der Waals surface area (Å²) in [6.07, 6.45) is 7.42. The Morgan fingerprint density at radius 3 is 2.62 bits per heavy atom. The van der Waals surface area contributed by atoms with Crippen molar-refractivity contribution in [3.8, 4) is 5.75 Å². The summed E-state index contributed by atoms with van der Waals surface area (Å²) in [5, 5.41) is 8.53. The van der Waals surface area contributed by atoms with E-state index in [0.717, 1.165) is 11.3 Å². The minimum Gasteiger partial charge on any atom is -0.450 e. The molecule has 12 heteroatoms. The lowest BCUT2D eigenvalue weighted by Crippen LogP contribution is -2.24. The maximum atomic E-state index is 6.78. The van der Waals surface area contributed by atoms with Crippen molar-refractivity contribution in [1.82, 2.24) is 34.3 Å². The molecule has 0 saturated heterocycles. The number of fused-ring (bicyclic) bond motifs is 1. The van der Waals surface area contributed by atoms with Gasteiger partial charge < -0.3 is 25.1 Å². The number of ether oxygens (including phenoxy) is 2. The van der Waals surface area contributed by atoms with Crippen LogP contribution in [-0.2, 0) is 30.4 Å². The Hall–Kier alpha value is -4.48. The van der Waals surface area contributed by atoms with Gasteiger partial charge in [0.2, 0.25) is 5.95 Å². The smallest absolute Gasteiger partial charge is 0.210 e. The van der Waals surface area contributed by atoms with E-state index in [9.17, 15) is 0 Å². The van der Waals surface area contributed by atoms with Crippen molar-refractivity contribution < 1.29 is 9.47 Å². The van der Waals surface area contributed by atoms with Crippen LogP contribution in [0.2, 0.25) is 5.02 Å². The summed E-state index contributed by atoms with van der Waals surface area (Å²) in [6.45, 7) is 9.67. The Bertz CT molecular complexity index is 1690. The molecular weight excluding hydrogens is 554 g/mol. The van der Waals surface area contributed by atoms with Crippen LogP contribution in [0.5, 0.6) is 5.75 Å². The number of aromatic nitrogens is 7. The Labute approximate surface area is 249 Å². The lowest BCUT2D eigenvalue weighted by Gasteiger charge is -2.22. The van der Waals surface area contributed by atoms with Gasteiger partial charge in [0.15, 0.2) is 23.0 Å². The second-order valence-corrected chi connectivity index (χ2v) is 11.3. The zero-order valence-corrected chi connectivity index (χ0v) is 25.0. The molecule has 5 aromatic rings. The number of aryl methyl sites for hydroxylation is 1. The molecule has 1 aromatic carbocycles. The zero-order chi connectivity index (χ0) is 29.9. The van der Waals surface area contributed by atoms with E-state index in [2.05, 4.69) is 65.1 Å². The summed E-state index contributed by atoms with van der Waals surface area (Å²) in [5.41, 5.74) is 9.35. The lowest BCUT2D eigenvalue weighted by molar-refractivity contribution is 0.0386. The summed E-state index contributed by atoms with van der Waals surface area (Å²) >= 11 is 6.78. The van der Waals surface area contributed by atoms with Crippen LogP contribution in [-0.4, -0.2) is 40.4 Å². The van der Waals surface area contributed by atoms with Crippen LogP contribution in [0.15, 0.2) is 67.4 Å². The third-order valence-electron chi connectivity index (χ3n) is 6.59. The standard InChI is InChI=1S/C30H34ClN9O2/c1-19(41-18-20-9-7-6-8-10-20)17-40-24(30(2,3)4)13-25(38-40)36-29-37-28-27(39(29)5)26(31)23(16-35-28)42-22(14-32)21-15-33-11-12-34-21/h6-16,19H,17-18,32H2,1-5H3,(H,35,36,37,38). The fourth-order valence-electron chi connectivity index (χ4n) is 4.46. The number of hydrogen-bond donors (Lipinski definition) is 2. The summed E-state index contributed by atoms with van der Waals surface area (Å²) in [7, 11) is 1.85. The minimum absolute atomic E-state index is 0.0504. The number of nitrogens with zero attached hydrogens (tertiary/aromatic N) is 7. The van der Waals surface area contributed by atoms with Gasteiger partial charge in [0.05, 0.1) is 31.6 Å². The Morgan fingerprint density at radius 2 is 1.93 bits per heavy atom. The molecule has 5 rings (SSSR count). The van der Waals surface area contributed by atoms with Crippen molar-refractivity contribution in [3.63, 3.8) is 0 Å². The number of rotatable bonds is 10. The molecule has 0 amide bonds. The van der Waals surface area contributed by atoms with Gasteiger partial charge in [-0.05, 0) is 12.5 Å². The fraction of sp³-hybridized carbons (Fsp3) is 0.300. The lowest BCUT2D eigenvalue weighted by atomic mass is 9.92. The molecule has 42 heavy (non-hydrogen) atoms. The van der Waals surface area contributed by atoms with E-state index in [1.807, 2.05) is 40.6 Å². The van der Waals surface area contributed by atoms with Gasteiger partial charge in [0, 0.05) is 42.8 Å². The molecule has 1 atom stereocenters. The molecule has 0 bridgehead atoms. The number of imidazole rings is 1. The van der Waals surface area contributed by atoms with Gasteiger partial charge in [-0.15, -0.1) is 0 Å². The van der Waals surface area contributed by atoms with E-state index in [4.69, 9.17) is 31.9 Å². The summed E-state index contributed by atoms with van der Waals surface area (Å²) in [4.78, 5) is 17.4. The van der Waals surface area contributed by atoms with Crippen LogP contribution < -0.4 is 15.8 Å². The molecule has 1 unspecified atom stereocenters. The number of benzene rings is 1. The number of hydrogen-bond acceptors (Lipinski definition) is 9. The third-order valence-corrected chi connectivity index (χ3v) is 6.95. The van der Waals surface area contributed by atoms with Crippen LogP contribution in [0.3, 0.4) is 0 Å². The molecular formula is C30H34ClN9O2. The number of pyridine rings is 1. The molecule has 0 radical (unpaired) electrons. The molecule has 11 nitrogen and oxygen atoms in total. The Kier molecular flexibility index (Phi) is 8.41. The molecule has 218 valence electrons. The molecule has 4 heterocycles. The summed E-state index contributed by atoms with van der Waals surface area (Å²) in [6, 6.07) is 12.2. The maximum Gasteiger partial charge on any atom is 0.210 e. The Balaban J connectivity index is 1.37. The summed E-state index contributed by atoms with van der Waals surface area (Å²) in [5.74, 6) is 1.79. The van der Waals surface area contributed by atoms with E-state index >= 15 is 0 Å². The second kappa shape index (κ2) is 12.2. The van der Waals surface area contributed by atoms with E-state index < -0.39 is 0 Å². The molecule has 0 saturated carbocycles. The van der Waals surface area contributed by atoms with Gasteiger partial charge in [0.25, 0.3) is 0 Å². The predicted octanol–water partition coefficient (Wildman–Crippen LogP) is 5.59. The van der Waals surface area contributed by atoms with Crippen molar-refractivity contribution in [2.75, 3.05) is 5.32 Å². The summed E-state index contributed by atoms with van der Waals surface area (Å²) < 4.78 is 15.9. The second-order valence-electron chi connectivity index (χ2n) is 10.9. The average Bonchev–Trinajstić information content (AvgIpc) is 3.53. The quantitative estimate of drug-likeness (QED) is 0.201. The third kappa shape index (κ3) is 6.37. The van der Waals surface area contributed by atoms with Crippen molar-refractivity contribution in [1.29, 1.82) is 0 Å². The van der Waals surface area contributed by atoms with E-state index in [0.29, 0.717) is 58.3 Å². The number of nitrogens with two attached hydrogens (primary N) is 1. The molecule has 0 aliphatic rings. The van der Waals surface area contributed by atoms with Crippen molar-refractivity contribution in [2.24, 2.45) is 12.8 Å². The Morgan fingerprint density at radius 1 is 1.14 bits per heavy atom. The fourth-order valence-corrected chi connectivity index (χ4v) is 4.76. The van der Waals surface area contributed by atoms with Crippen LogP contribution >= 0.6 is 11.6 Å². The maximum absolute atomic E-state index is 6.78. The highest BCUT2D eigenvalue weighted by atomic mass is 35.5. The molecule has 0 fully saturated rings. The molecule has 0 aliphatic heterocycles. The zero-order valence-electron chi connectivity index (χ0n) is 24.2. The van der Waals surface area contributed by atoms with E-state index in [-0.39, 0.29) is 11.5 Å². The first-order chi connectivity index (χ1) is 20.1. The topological polar surface area (TPSA) is 131 Å². The monoisotopic (exact) mass is 587 g/mol. The number of halogens is 1. The van der Waals surface area contributed by atoms with E-state index in [1.54, 1.807) is 18.6 Å². The van der Waals surface area contributed by atoms with Crippen LogP contribution in [0, 0.1) is 0 Å². The molecule has 0 spiro atoms. The van der Waals surface area contributed by atoms with Crippen LogP contribution in [0.25, 0.3) is 16.9 Å².